The van der Waals surface area contributed by atoms with Gasteiger partial charge < -0.3 is 0 Å². The molecule has 0 atom stereocenters. The monoisotopic (exact) mass is 227 g/mol. The number of rotatable bonds is 1. The van der Waals surface area contributed by atoms with Gasteiger partial charge in [0.1, 0.15) is 0 Å². The van der Waals surface area contributed by atoms with Crippen LogP contribution >= 0.6 is 0 Å². The molecule has 0 saturated carbocycles. The predicted octanol–water partition coefficient (Wildman–Crippen LogP) is 1.22. The SMILES string of the molecule is CC#CCC(=O)N1C(=O)c2ccccc2C1=O. The largest absolute Gasteiger partial charge is 0.273 e. The van der Waals surface area contributed by atoms with Crippen LogP contribution in [0.25, 0.3) is 0 Å². The van der Waals surface area contributed by atoms with Crippen LogP contribution in [-0.2, 0) is 4.79 Å². The molecule has 17 heavy (non-hydrogen) atoms. The molecule has 2 rings (SSSR count). The standard InChI is InChI=1S/C13H9NO3/c1-2-3-8-11(15)14-12(16)9-6-4-5-7-10(9)13(14)17/h4-7H,8H2,1H3. The predicted molar refractivity (Wildman–Crippen MR) is 60.0 cm³/mol. The minimum absolute atomic E-state index is 0.123. The zero-order chi connectivity index (χ0) is 12.4. The Kier molecular flexibility index (Phi) is 2.75. The third-order valence-electron chi connectivity index (χ3n) is 2.46. The third-order valence-corrected chi connectivity index (χ3v) is 2.46. The van der Waals surface area contributed by atoms with Crippen LogP contribution in [0.1, 0.15) is 34.1 Å². The van der Waals surface area contributed by atoms with E-state index in [4.69, 9.17) is 0 Å². The molecule has 0 N–H and O–H groups in total. The Balaban J connectivity index is 2.35. The number of amides is 3. The Morgan fingerprint density at radius 3 is 2.18 bits per heavy atom. The van der Waals surface area contributed by atoms with Crippen LogP contribution in [0.5, 0.6) is 0 Å². The van der Waals surface area contributed by atoms with Gasteiger partial charge in [0.25, 0.3) is 11.8 Å². The van der Waals surface area contributed by atoms with Crippen molar-refractivity contribution in [1.29, 1.82) is 0 Å². The van der Waals surface area contributed by atoms with Gasteiger partial charge in [-0.2, -0.15) is 0 Å². The van der Waals surface area contributed by atoms with E-state index in [-0.39, 0.29) is 17.5 Å². The van der Waals surface area contributed by atoms with Gasteiger partial charge in [0, 0.05) is 0 Å². The Bertz CT molecular complexity index is 543. The summed E-state index contributed by atoms with van der Waals surface area (Å²) < 4.78 is 0. The Hall–Kier alpha value is -2.41. The number of benzene rings is 1. The number of fused-ring (bicyclic) bond motifs is 1. The zero-order valence-corrected chi connectivity index (χ0v) is 9.19. The summed E-state index contributed by atoms with van der Waals surface area (Å²) in [4.78, 5) is 36.0. The molecule has 0 bridgehead atoms. The molecule has 84 valence electrons. The van der Waals surface area contributed by atoms with Crippen LogP contribution in [0.4, 0.5) is 0 Å². The van der Waals surface area contributed by atoms with Crippen LogP contribution in [0.2, 0.25) is 0 Å². The Morgan fingerprint density at radius 1 is 1.18 bits per heavy atom. The van der Waals surface area contributed by atoms with Gasteiger partial charge in [-0.1, -0.05) is 18.1 Å². The number of carbonyl (C=O) groups is 3. The minimum atomic E-state index is -0.578. The maximum absolute atomic E-state index is 11.8. The summed E-state index contributed by atoms with van der Waals surface area (Å²) in [6, 6.07) is 6.39. The summed E-state index contributed by atoms with van der Waals surface area (Å²) in [6.45, 7) is 1.59. The van der Waals surface area contributed by atoms with E-state index in [1.54, 1.807) is 19.1 Å². The van der Waals surface area contributed by atoms with Gasteiger partial charge in [-0.3, -0.25) is 14.4 Å². The van der Waals surface area contributed by atoms with Gasteiger partial charge in [-0.25, -0.2) is 4.90 Å². The number of imide groups is 3. The average Bonchev–Trinajstić information content (AvgIpc) is 2.60. The smallest absolute Gasteiger partial charge is 0.268 e. The van der Waals surface area contributed by atoms with E-state index < -0.39 is 17.7 Å². The van der Waals surface area contributed by atoms with Crippen LogP contribution in [0.15, 0.2) is 24.3 Å². The van der Waals surface area contributed by atoms with E-state index in [0.717, 1.165) is 0 Å². The number of hydrogen-bond acceptors (Lipinski definition) is 3. The number of carbonyl (C=O) groups excluding carboxylic acids is 3. The second-order valence-corrected chi connectivity index (χ2v) is 3.49. The minimum Gasteiger partial charge on any atom is -0.273 e. The lowest BCUT2D eigenvalue weighted by Gasteiger charge is -2.09. The molecule has 0 spiro atoms. The molecule has 0 aliphatic carbocycles. The van der Waals surface area contributed by atoms with Gasteiger partial charge in [0.05, 0.1) is 17.5 Å². The van der Waals surface area contributed by atoms with E-state index in [1.165, 1.54) is 12.1 Å². The summed E-state index contributed by atoms with van der Waals surface area (Å²) in [5.41, 5.74) is 0.547. The molecule has 1 aromatic carbocycles. The highest BCUT2D eigenvalue weighted by molar-refractivity contribution is 6.29. The van der Waals surface area contributed by atoms with Crippen molar-refractivity contribution in [2.75, 3.05) is 0 Å². The van der Waals surface area contributed by atoms with Crippen LogP contribution in [0, 0.1) is 11.8 Å². The first-order chi connectivity index (χ1) is 8.16. The summed E-state index contributed by atoms with van der Waals surface area (Å²) in [7, 11) is 0. The van der Waals surface area contributed by atoms with Gasteiger partial charge in [0.15, 0.2) is 0 Å². The molecule has 0 radical (unpaired) electrons. The van der Waals surface area contributed by atoms with Crippen molar-refractivity contribution in [1.82, 2.24) is 4.90 Å². The molecule has 1 heterocycles. The van der Waals surface area contributed by atoms with Crippen LogP contribution in [0.3, 0.4) is 0 Å². The van der Waals surface area contributed by atoms with Crippen molar-refractivity contribution in [3.05, 3.63) is 35.4 Å². The second kappa shape index (κ2) is 4.22. The molecular weight excluding hydrogens is 218 g/mol. The van der Waals surface area contributed by atoms with Gasteiger partial charge in [0.2, 0.25) is 5.91 Å². The van der Waals surface area contributed by atoms with E-state index in [1.807, 2.05) is 0 Å². The van der Waals surface area contributed by atoms with Gasteiger partial charge >= 0.3 is 0 Å². The van der Waals surface area contributed by atoms with Crippen molar-refractivity contribution < 1.29 is 14.4 Å². The van der Waals surface area contributed by atoms with Crippen LogP contribution < -0.4 is 0 Å². The second-order valence-electron chi connectivity index (χ2n) is 3.49. The molecule has 1 aliphatic rings. The van der Waals surface area contributed by atoms with E-state index in [9.17, 15) is 14.4 Å². The third kappa shape index (κ3) is 1.72. The first-order valence-electron chi connectivity index (χ1n) is 5.07. The fourth-order valence-corrected chi connectivity index (χ4v) is 1.66. The highest BCUT2D eigenvalue weighted by Crippen LogP contribution is 2.22. The van der Waals surface area contributed by atoms with Crippen molar-refractivity contribution in [2.45, 2.75) is 13.3 Å². The van der Waals surface area contributed by atoms with E-state index in [0.29, 0.717) is 4.90 Å². The molecule has 1 aliphatic heterocycles. The fraction of sp³-hybridized carbons (Fsp3) is 0.154. The average molecular weight is 227 g/mol. The Morgan fingerprint density at radius 2 is 1.71 bits per heavy atom. The molecule has 3 amide bonds. The lowest BCUT2D eigenvalue weighted by atomic mass is 10.1. The van der Waals surface area contributed by atoms with Gasteiger partial charge in [-0.15, -0.1) is 5.92 Å². The maximum atomic E-state index is 11.8. The zero-order valence-electron chi connectivity index (χ0n) is 9.19. The van der Waals surface area contributed by atoms with Crippen molar-refractivity contribution >= 4 is 17.7 Å². The molecule has 0 unspecified atom stereocenters. The normalized spacial score (nSPS) is 13.1. The molecular formula is C13H9NO3. The highest BCUT2D eigenvalue weighted by Gasteiger charge is 2.38. The van der Waals surface area contributed by atoms with Gasteiger partial charge in [-0.05, 0) is 19.1 Å². The molecule has 1 aromatic rings. The van der Waals surface area contributed by atoms with Crippen molar-refractivity contribution in [3.8, 4) is 11.8 Å². The molecule has 0 fully saturated rings. The van der Waals surface area contributed by atoms with Crippen molar-refractivity contribution in [2.24, 2.45) is 0 Å². The molecule has 4 nitrogen and oxygen atoms in total. The topological polar surface area (TPSA) is 54.5 Å². The molecule has 0 saturated heterocycles. The lowest BCUT2D eigenvalue weighted by Crippen LogP contribution is -2.35. The molecule has 0 aromatic heterocycles. The fourth-order valence-electron chi connectivity index (χ4n) is 1.66. The summed E-state index contributed by atoms with van der Waals surface area (Å²) >= 11 is 0. The quantitative estimate of drug-likeness (QED) is 0.535. The Labute approximate surface area is 98.2 Å². The van der Waals surface area contributed by atoms with E-state index in [2.05, 4.69) is 11.8 Å². The van der Waals surface area contributed by atoms with E-state index >= 15 is 0 Å². The highest BCUT2D eigenvalue weighted by atomic mass is 16.2. The number of hydrogen-bond donors (Lipinski definition) is 0. The molecule has 4 heteroatoms. The lowest BCUT2D eigenvalue weighted by molar-refractivity contribution is -0.125. The summed E-state index contributed by atoms with van der Waals surface area (Å²) in [6.07, 6.45) is -0.123. The number of nitrogens with zero attached hydrogens (tertiary/aromatic N) is 1. The first-order valence-corrected chi connectivity index (χ1v) is 5.07. The summed E-state index contributed by atoms with van der Waals surface area (Å²) in [5.74, 6) is 3.40. The van der Waals surface area contributed by atoms with Crippen LogP contribution in [-0.4, -0.2) is 22.6 Å². The summed E-state index contributed by atoms with van der Waals surface area (Å²) in [5, 5.41) is 0. The maximum Gasteiger partial charge on any atom is 0.268 e. The van der Waals surface area contributed by atoms with Crippen molar-refractivity contribution in [3.63, 3.8) is 0 Å². The first kappa shape index (κ1) is 11.1.